The van der Waals surface area contributed by atoms with E-state index in [0.29, 0.717) is 0 Å². The molecule has 1 aromatic heterocycles. The fourth-order valence-electron chi connectivity index (χ4n) is 4.66. The van der Waals surface area contributed by atoms with Gasteiger partial charge in [-0.1, -0.05) is 6.07 Å². The molecule has 14 atom stereocenters. The minimum Gasteiger partial charge on any atom is -0.394 e. The molecule has 3 fully saturated rings. The highest BCUT2D eigenvalue weighted by molar-refractivity contribution is 7.82. The molecule has 3 aliphatic rings. The van der Waals surface area contributed by atoms with Crippen LogP contribution >= 0.6 is 0 Å². The smallest absolute Gasteiger partial charge is 0.394 e. The van der Waals surface area contributed by atoms with Crippen molar-refractivity contribution in [2.24, 2.45) is 0 Å². The number of anilines is 1. The van der Waals surface area contributed by atoms with Gasteiger partial charge in [-0.3, -0.25) is 4.79 Å². The number of carbonyl (C=O) groups is 1. The number of nitrogens with zero attached hydrogens (tertiary/aromatic N) is 1. The fourth-order valence-corrected chi connectivity index (χ4v) is 5.70. The van der Waals surface area contributed by atoms with Gasteiger partial charge in [-0.2, -0.15) is 12.6 Å². The predicted octanol–water partition coefficient (Wildman–Crippen LogP) is -7.95. The Morgan fingerprint density at radius 2 is 1.48 bits per heavy atom. The van der Waals surface area contributed by atoms with Gasteiger partial charge in [0.15, 0.2) is 12.6 Å². The summed E-state index contributed by atoms with van der Waals surface area (Å²) in [5.41, 5.74) is 0. The Morgan fingerprint density at radius 3 is 2.07 bits per heavy atom. The van der Waals surface area contributed by atoms with Gasteiger partial charge < -0.3 is 80.4 Å². The zero-order valence-electron chi connectivity index (χ0n) is 23.3. The molecular formula is C23H34N2O20S. The maximum Gasteiger partial charge on any atom is 0.406 e. The van der Waals surface area contributed by atoms with Crippen LogP contribution in [0.3, 0.4) is 0 Å². The Kier molecular flexibility index (Phi) is 11.3. The van der Waals surface area contributed by atoms with E-state index in [1.54, 1.807) is 0 Å². The van der Waals surface area contributed by atoms with Crippen molar-refractivity contribution in [3.05, 3.63) is 24.4 Å². The monoisotopic (exact) mass is 690 g/mol. The molecule has 262 valence electrons. The first kappa shape index (κ1) is 36.7. The Hall–Kier alpha value is -2.11. The number of nitrogens with one attached hydrogen (secondary N) is 1. The lowest BCUT2D eigenvalue weighted by Crippen LogP contribution is -2.67. The number of aliphatic hydroxyl groups is 11. The van der Waals surface area contributed by atoms with Crippen molar-refractivity contribution in [3.63, 3.8) is 0 Å². The van der Waals surface area contributed by atoms with E-state index in [4.69, 9.17) is 18.9 Å². The first-order valence-corrected chi connectivity index (χ1v) is 14.7. The lowest BCUT2D eigenvalue weighted by molar-refractivity contribution is -0.340. The number of amides is 1. The summed E-state index contributed by atoms with van der Waals surface area (Å²) in [7, 11) is -5.38. The third-order valence-corrected chi connectivity index (χ3v) is 8.19. The highest BCUT2D eigenvalue weighted by atomic mass is 32.3. The number of aromatic nitrogens is 1. The molecular weight excluding hydrogens is 656 g/mol. The number of carbonyl (C=O) groups excluding carboxylic acids is 1. The van der Waals surface area contributed by atoms with Crippen LogP contribution in [-0.2, 0) is 42.5 Å². The Labute approximate surface area is 258 Å². The van der Waals surface area contributed by atoms with Crippen LogP contribution in [0.15, 0.2) is 24.4 Å². The largest absolute Gasteiger partial charge is 0.406 e. The van der Waals surface area contributed by atoms with Crippen molar-refractivity contribution in [1.29, 1.82) is 0 Å². The predicted molar refractivity (Wildman–Crippen MR) is 138 cm³/mol. The summed E-state index contributed by atoms with van der Waals surface area (Å²) in [6, 6.07) is 4.04. The van der Waals surface area contributed by atoms with E-state index >= 15 is 0 Å². The SMILES string of the molecule is O=C(Nc1ccccn1)[C@]1(O)OS(=O)(=O)O[C@@]1(O)[C@H](O)[C@H](O)CO[C@H]1O[C@H](CO[C@H]2O[C@H](CO)[C@@H](O)[C@H](O)[C@H]2O)[C@@H](O)[C@H](O)[C@H]1O. The van der Waals surface area contributed by atoms with E-state index in [1.807, 2.05) is 5.32 Å². The Balaban J connectivity index is 1.41. The van der Waals surface area contributed by atoms with E-state index in [0.717, 1.165) is 0 Å². The first-order valence-electron chi connectivity index (χ1n) is 13.4. The Bertz CT molecular complexity index is 1290. The van der Waals surface area contributed by atoms with Crippen LogP contribution in [0.4, 0.5) is 5.82 Å². The maximum atomic E-state index is 12.7. The van der Waals surface area contributed by atoms with Gasteiger partial charge in [-0.05, 0) is 12.1 Å². The van der Waals surface area contributed by atoms with Crippen molar-refractivity contribution in [1.82, 2.24) is 4.98 Å². The summed E-state index contributed by atoms with van der Waals surface area (Å²) in [4.78, 5) is 16.5. The third-order valence-electron chi connectivity index (χ3n) is 7.29. The molecule has 3 saturated heterocycles. The van der Waals surface area contributed by atoms with Gasteiger partial charge in [0.05, 0.1) is 19.8 Å². The average Bonchev–Trinajstić information content (AvgIpc) is 3.22. The number of aliphatic hydroxyl groups excluding tert-OH is 9. The average molecular weight is 691 g/mol. The molecule has 23 heteroatoms. The van der Waals surface area contributed by atoms with E-state index in [9.17, 15) is 69.4 Å². The third kappa shape index (κ3) is 7.16. The summed E-state index contributed by atoms with van der Waals surface area (Å²) in [6.07, 6.45) is -22.0. The van der Waals surface area contributed by atoms with Crippen molar-refractivity contribution in [2.75, 3.05) is 25.1 Å². The van der Waals surface area contributed by atoms with Crippen LogP contribution < -0.4 is 5.32 Å². The number of pyridine rings is 1. The van der Waals surface area contributed by atoms with Gasteiger partial charge in [-0.15, -0.1) is 0 Å². The molecule has 0 radical (unpaired) electrons. The minimum absolute atomic E-state index is 0.260. The molecule has 1 aromatic rings. The molecule has 0 bridgehead atoms. The summed E-state index contributed by atoms with van der Waals surface area (Å²) < 4.78 is 53.4. The zero-order chi connectivity index (χ0) is 34.2. The standard InChI is InChI=1S/C23H34N2O20S/c26-5-9-12(28)14(30)16(32)20(42-9)41-7-10-13(29)15(31)17(33)19(43-10)40-6-8(27)18(34)22(36)23(37,45-46(38,39)44-22)21(35)25-11-3-1-2-4-24-11/h1-4,8-10,12-20,26-34,36-37H,5-7H2,(H,24,25,35)/t8-,9-,10-,12-,13-,14+,15+,16-,17-,18-,19+,20+,22+,23+/m1/s1. The number of rotatable bonds is 11. The molecule has 1 amide bonds. The summed E-state index contributed by atoms with van der Waals surface area (Å²) >= 11 is 0. The summed E-state index contributed by atoms with van der Waals surface area (Å²) in [6.45, 7) is -2.71. The van der Waals surface area contributed by atoms with Crippen LogP contribution in [0, 0.1) is 0 Å². The lowest BCUT2D eigenvalue weighted by atomic mass is 9.95. The van der Waals surface area contributed by atoms with E-state index in [1.165, 1.54) is 24.4 Å². The Morgan fingerprint density at radius 1 is 0.891 bits per heavy atom. The lowest BCUT2D eigenvalue weighted by Gasteiger charge is -2.43. The van der Waals surface area contributed by atoms with Crippen molar-refractivity contribution >= 4 is 22.1 Å². The molecule has 22 nitrogen and oxygen atoms in total. The van der Waals surface area contributed by atoms with E-state index in [2.05, 4.69) is 13.4 Å². The highest BCUT2D eigenvalue weighted by Gasteiger charge is 2.73. The molecule has 46 heavy (non-hydrogen) atoms. The molecule has 4 rings (SSSR count). The fraction of sp³-hybridized carbons (Fsp3) is 0.739. The van der Waals surface area contributed by atoms with Gasteiger partial charge in [-0.25, -0.2) is 9.17 Å². The molecule has 12 N–H and O–H groups in total. The van der Waals surface area contributed by atoms with Crippen LogP contribution in [0.25, 0.3) is 0 Å². The molecule has 3 aliphatic heterocycles. The van der Waals surface area contributed by atoms with Crippen LogP contribution in [0.5, 0.6) is 0 Å². The van der Waals surface area contributed by atoms with Gasteiger partial charge in [0.25, 0.3) is 11.7 Å². The van der Waals surface area contributed by atoms with Gasteiger partial charge >= 0.3 is 16.2 Å². The molecule has 0 aliphatic carbocycles. The molecule has 0 spiro atoms. The quantitative estimate of drug-likeness (QED) is 0.102. The molecule has 0 unspecified atom stereocenters. The van der Waals surface area contributed by atoms with Crippen LogP contribution in [0.2, 0.25) is 0 Å². The van der Waals surface area contributed by atoms with Crippen LogP contribution in [-0.4, -0.2) is 180 Å². The van der Waals surface area contributed by atoms with Crippen molar-refractivity contribution in [3.8, 4) is 0 Å². The summed E-state index contributed by atoms with van der Waals surface area (Å²) in [5, 5.41) is 115. The molecule has 4 heterocycles. The molecule has 0 aromatic carbocycles. The van der Waals surface area contributed by atoms with Crippen molar-refractivity contribution < 1.29 is 96.7 Å². The summed E-state index contributed by atoms with van der Waals surface area (Å²) in [5.74, 6) is -9.87. The second-order valence-corrected chi connectivity index (χ2v) is 11.6. The molecule has 0 saturated carbocycles. The topological polar surface area (TPSA) is 354 Å². The second kappa shape index (κ2) is 14.2. The van der Waals surface area contributed by atoms with Gasteiger partial charge in [0.2, 0.25) is 0 Å². The van der Waals surface area contributed by atoms with Crippen LogP contribution in [0.1, 0.15) is 0 Å². The maximum absolute atomic E-state index is 12.7. The van der Waals surface area contributed by atoms with E-state index < -0.39 is 121 Å². The second-order valence-electron chi connectivity index (χ2n) is 10.5. The number of ether oxygens (including phenoxy) is 4. The van der Waals surface area contributed by atoms with E-state index in [-0.39, 0.29) is 5.82 Å². The normalized spacial score (nSPS) is 42.3. The van der Waals surface area contributed by atoms with Gasteiger partial charge in [0, 0.05) is 6.20 Å². The first-order chi connectivity index (χ1) is 21.5. The minimum atomic E-state index is -5.38. The van der Waals surface area contributed by atoms with Crippen molar-refractivity contribution in [2.45, 2.75) is 85.2 Å². The van der Waals surface area contributed by atoms with Gasteiger partial charge in [0.1, 0.15) is 66.9 Å². The number of hydrogen-bond donors (Lipinski definition) is 12. The zero-order valence-corrected chi connectivity index (χ0v) is 24.1. The number of hydrogen-bond acceptors (Lipinski definition) is 21. The highest BCUT2D eigenvalue weighted by Crippen LogP contribution is 2.41.